The lowest BCUT2D eigenvalue weighted by atomic mass is 9.70. The van der Waals surface area contributed by atoms with Crippen molar-refractivity contribution in [1.82, 2.24) is 4.98 Å². The summed E-state index contributed by atoms with van der Waals surface area (Å²) in [5.41, 5.74) is -0.211. The van der Waals surface area contributed by atoms with Crippen LogP contribution in [0.2, 0.25) is 0 Å². The zero-order valence-corrected chi connectivity index (χ0v) is 22.6. The van der Waals surface area contributed by atoms with Gasteiger partial charge in [0.2, 0.25) is 11.6 Å². The molecule has 0 aliphatic carbocycles. The van der Waals surface area contributed by atoms with Gasteiger partial charge in [-0.25, -0.2) is 4.79 Å². The summed E-state index contributed by atoms with van der Waals surface area (Å²) in [6.07, 6.45) is 3.67. The van der Waals surface area contributed by atoms with Gasteiger partial charge in [-0.1, -0.05) is 50.3 Å². The van der Waals surface area contributed by atoms with Crippen molar-refractivity contribution in [3.8, 4) is 5.95 Å². The number of hydrogen-bond acceptors (Lipinski definition) is 9. The fourth-order valence-electron chi connectivity index (χ4n) is 4.46. The van der Waals surface area contributed by atoms with Crippen molar-refractivity contribution >= 4 is 18.0 Å². The third kappa shape index (κ3) is 6.40. The predicted octanol–water partition coefficient (Wildman–Crippen LogP) is 4.84. The Kier molecular flexibility index (Phi) is 9.15. The van der Waals surface area contributed by atoms with Crippen LogP contribution >= 0.6 is 0 Å². The SMILES string of the molecule is COC(=O)c1nc(/C=C/C[C@H]2O[C@H](C(C)(C)C(=O)OC)C[C@@H](OCc3ccccc3)C2(C)C)oc1OC. The van der Waals surface area contributed by atoms with E-state index in [2.05, 4.69) is 18.8 Å². The Hall–Kier alpha value is -3.17. The standard InChI is InChI=1S/C28H37NO8/c1-27(2)19(14-11-15-22-29-23(24(30)32-5)25(33-6)37-22)36-21(28(3,4)26(31)34-7)16-20(27)35-17-18-12-9-8-10-13-18/h8-13,15,19-21H,14,16-17H2,1-7H3/b15-11+/t19-,20-,21+/m1/s1. The fraction of sp³-hybridized carbons (Fsp3) is 0.536. The molecule has 0 unspecified atom stereocenters. The number of aromatic nitrogens is 1. The Morgan fingerprint density at radius 1 is 1.14 bits per heavy atom. The first-order chi connectivity index (χ1) is 17.5. The van der Waals surface area contributed by atoms with E-state index in [1.165, 1.54) is 21.3 Å². The summed E-state index contributed by atoms with van der Waals surface area (Å²) in [5.74, 6) is -0.803. The molecule has 37 heavy (non-hydrogen) atoms. The highest BCUT2D eigenvalue weighted by molar-refractivity contribution is 5.89. The first-order valence-corrected chi connectivity index (χ1v) is 12.2. The molecule has 202 valence electrons. The molecule has 1 aliphatic heterocycles. The van der Waals surface area contributed by atoms with Gasteiger partial charge in [0.1, 0.15) is 0 Å². The van der Waals surface area contributed by atoms with Crippen molar-refractivity contribution in [2.24, 2.45) is 10.8 Å². The molecule has 0 spiro atoms. The molecular weight excluding hydrogens is 478 g/mol. The average molecular weight is 516 g/mol. The van der Waals surface area contributed by atoms with E-state index < -0.39 is 17.5 Å². The first-order valence-electron chi connectivity index (χ1n) is 12.2. The summed E-state index contributed by atoms with van der Waals surface area (Å²) in [5, 5.41) is 0. The fourth-order valence-corrected chi connectivity index (χ4v) is 4.46. The van der Waals surface area contributed by atoms with E-state index in [0.29, 0.717) is 19.4 Å². The van der Waals surface area contributed by atoms with Crippen LogP contribution in [0.25, 0.3) is 6.08 Å². The highest BCUT2D eigenvalue weighted by Gasteiger charge is 2.51. The molecule has 0 amide bonds. The number of carbonyl (C=O) groups excluding carboxylic acids is 2. The summed E-state index contributed by atoms with van der Waals surface area (Å²) in [4.78, 5) is 28.7. The van der Waals surface area contributed by atoms with Crippen molar-refractivity contribution in [1.29, 1.82) is 0 Å². The van der Waals surface area contributed by atoms with Crippen LogP contribution in [0.5, 0.6) is 5.95 Å². The van der Waals surface area contributed by atoms with Crippen molar-refractivity contribution < 1.29 is 37.7 Å². The van der Waals surface area contributed by atoms with E-state index in [4.69, 9.17) is 28.1 Å². The van der Waals surface area contributed by atoms with Crippen LogP contribution in [-0.4, -0.2) is 56.6 Å². The monoisotopic (exact) mass is 515 g/mol. The van der Waals surface area contributed by atoms with Gasteiger partial charge in [0.05, 0.1) is 51.7 Å². The minimum absolute atomic E-state index is 0.0185. The maximum Gasteiger partial charge on any atom is 0.364 e. The molecular formula is C28H37NO8. The number of hydrogen-bond donors (Lipinski definition) is 0. The van der Waals surface area contributed by atoms with Gasteiger partial charge < -0.3 is 28.1 Å². The molecule has 1 aromatic carbocycles. The summed E-state index contributed by atoms with van der Waals surface area (Å²) in [7, 11) is 4.03. The maximum atomic E-state index is 12.6. The molecule has 2 aromatic rings. The smallest absolute Gasteiger partial charge is 0.364 e. The van der Waals surface area contributed by atoms with Crippen LogP contribution in [0, 0.1) is 10.8 Å². The minimum atomic E-state index is -0.868. The van der Waals surface area contributed by atoms with Crippen molar-refractivity contribution in [2.45, 2.75) is 65.5 Å². The Labute approximate surface area is 218 Å². The van der Waals surface area contributed by atoms with Crippen molar-refractivity contribution in [3.05, 3.63) is 53.6 Å². The Morgan fingerprint density at radius 2 is 1.84 bits per heavy atom. The minimum Gasteiger partial charge on any atom is -0.469 e. The zero-order chi connectivity index (χ0) is 27.2. The number of rotatable bonds is 10. The number of methoxy groups -OCH3 is 3. The molecule has 1 fully saturated rings. The summed E-state index contributed by atoms with van der Waals surface area (Å²) in [6.45, 7) is 8.32. The second kappa shape index (κ2) is 11.9. The molecule has 0 saturated carbocycles. The average Bonchev–Trinajstić information content (AvgIpc) is 3.31. The number of esters is 2. The molecule has 3 rings (SSSR count). The number of benzene rings is 1. The van der Waals surface area contributed by atoms with Crippen LogP contribution in [0.4, 0.5) is 0 Å². The third-order valence-electron chi connectivity index (χ3n) is 7.01. The van der Waals surface area contributed by atoms with Gasteiger partial charge in [-0.3, -0.25) is 4.79 Å². The molecule has 1 aromatic heterocycles. The number of nitrogens with zero attached hydrogens (tertiary/aromatic N) is 1. The summed E-state index contributed by atoms with van der Waals surface area (Å²) in [6, 6.07) is 9.98. The van der Waals surface area contributed by atoms with Crippen LogP contribution in [0.15, 0.2) is 40.8 Å². The van der Waals surface area contributed by atoms with Crippen LogP contribution < -0.4 is 4.74 Å². The maximum absolute atomic E-state index is 12.6. The Morgan fingerprint density at radius 3 is 2.46 bits per heavy atom. The lowest BCUT2D eigenvalue weighted by Gasteiger charge is -2.50. The molecule has 1 aliphatic rings. The zero-order valence-electron chi connectivity index (χ0n) is 22.6. The molecule has 0 bridgehead atoms. The van der Waals surface area contributed by atoms with E-state index in [-0.39, 0.29) is 41.1 Å². The third-order valence-corrected chi connectivity index (χ3v) is 7.01. The highest BCUT2D eigenvalue weighted by Crippen LogP contribution is 2.45. The predicted molar refractivity (Wildman–Crippen MR) is 136 cm³/mol. The van der Waals surface area contributed by atoms with Crippen LogP contribution in [0.3, 0.4) is 0 Å². The molecule has 0 radical (unpaired) electrons. The van der Waals surface area contributed by atoms with Gasteiger partial charge in [0.25, 0.3) is 0 Å². The summed E-state index contributed by atoms with van der Waals surface area (Å²) < 4.78 is 33.4. The molecule has 2 heterocycles. The van der Waals surface area contributed by atoms with Crippen LogP contribution in [-0.2, 0) is 30.3 Å². The van der Waals surface area contributed by atoms with Gasteiger partial charge in [0.15, 0.2) is 0 Å². The quantitative estimate of drug-likeness (QED) is 0.411. The lowest BCUT2D eigenvalue weighted by molar-refractivity contribution is -0.220. The summed E-state index contributed by atoms with van der Waals surface area (Å²) >= 11 is 0. The van der Waals surface area contributed by atoms with E-state index in [1.54, 1.807) is 6.08 Å². The van der Waals surface area contributed by atoms with Gasteiger partial charge in [-0.2, -0.15) is 4.98 Å². The number of ether oxygens (including phenoxy) is 5. The number of carbonyl (C=O) groups is 2. The van der Waals surface area contributed by atoms with Gasteiger partial charge >= 0.3 is 17.9 Å². The van der Waals surface area contributed by atoms with E-state index >= 15 is 0 Å². The Balaban J connectivity index is 1.82. The van der Waals surface area contributed by atoms with Gasteiger partial charge in [0, 0.05) is 11.8 Å². The topological polar surface area (TPSA) is 106 Å². The molecule has 0 N–H and O–H groups in total. The molecule has 9 nitrogen and oxygen atoms in total. The second-order valence-corrected chi connectivity index (χ2v) is 10.2. The first kappa shape index (κ1) is 28.4. The van der Waals surface area contributed by atoms with Crippen LogP contribution in [0.1, 0.15) is 62.5 Å². The van der Waals surface area contributed by atoms with Crippen molar-refractivity contribution in [3.63, 3.8) is 0 Å². The largest absolute Gasteiger partial charge is 0.469 e. The molecule has 9 heteroatoms. The van der Waals surface area contributed by atoms with Crippen molar-refractivity contribution in [2.75, 3.05) is 21.3 Å². The Bertz CT molecular complexity index is 1090. The highest BCUT2D eigenvalue weighted by atomic mass is 16.6. The second-order valence-electron chi connectivity index (χ2n) is 10.2. The van der Waals surface area contributed by atoms with Gasteiger partial charge in [-0.15, -0.1) is 0 Å². The van der Waals surface area contributed by atoms with E-state index in [1.807, 2.05) is 50.3 Å². The molecule has 3 atom stereocenters. The van der Waals surface area contributed by atoms with E-state index in [9.17, 15) is 9.59 Å². The number of oxazole rings is 1. The normalized spacial score (nSPS) is 21.5. The molecule has 1 saturated heterocycles. The van der Waals surface area contributed by atoms with Gasteiger partial charge in [-0.05, 0) is 31.9 Å². The lowest BCUT2D eigenvalue weighted by Crippen LogP contribution is -2.56. The van der Waals surface area contributed by atoms with E-state index in [0.717, 1.165) is 5.56 Å².